The Labute approximate surface area is 154 Å². The largest absolute Gasteiger partial charge is 0.494 e. The van der Waals surface area contributed by atoms with Gasteiger partial charge in [-0.2, -0.15) is 0 Å². The number of amides is 1. The minimum absolute atomic E-state index is 0.252. The van der Waals surface area contributed by atoms with Gasteiger partial charge in [0.1, 0.15) is 11.4 Å². The fourth-order valence-corrected chi connectivity index (χ4v) is 2.99. The van der Waals surface area contributed by atoms with E-state index in [2.05, 4.69) is 20.0 Å². The van der Waals surface area contributed by atoms with Crippen molar-refractivity contribution in [3.05, 3.63) is 53.2 Å². The normalized spacial score (nSPS) is 10.4. The van der Waals surface area contributed by atoms with Crippen molar-refractivity contribution in [1.29, 1.82) is 0 Å². The zero-order valence-electron chi connectivity index (χ0n) is 14.2. The van der Waals surface area contributed by atoms with Crippen LogP contribution in [0, 0.1) is 0 Å². The van der Waals surface area contributed by atoms with Crippen LogP contribution in [0.25, 0.3) is 11.3 Å². The van der Waals surface area contributed by atoms with E-state index in [1.807, 2.05) is 6.92 Å². The summed E-state index contributed by atoms with van der Waals surface area (Å²) >= 11 is 1.30. The average molecular weight is 371 g/mol. The Morgan fingerprint density at radius 1 is 1.27 bits per heavy atom. The molecule has 1 aromatic carbocycles. The summed E-state index contributed by atoms with van der Waals surface area (Å²) in [6, 6.07) is 8.55. The predicted molar refractivity (Wildman–Crippen MR) is 98.8 cm³/mol. The lowest BCUT2D eigenvalue weighted by atomic mass is 10.2. The number of carbonyl (C=O) groups excluding carboxylic acids is 2. The molecule has 8 heteroatoms. The molecule has 2 N–H and O–H groups in total. The van der Waals surface area contributed by atoms with Crippen molar-refractivity contribution in [3.8, 4) is 17.0 Å². The van der Waals surface area contributed by atoms with Crippen LogP contribution in [0.2, 0.25) is 0 Å². The smallest absolute Gasteiger partial charge is 0.354 e. The summed E-state index contributed by atoms with van der Waals surface area (Å²) in [4.78, 5) is 31.0. The highest BCUT2D eigenvalue weighted by molar-refractivity contribution is 7.14. The van der Waals surface area contributed by atoms with Crippen molar-refractivity contribution in [2.45, 2.75) is 6.92 Å². The summed E-state index contributed by atoms with van der Waals surface area (Å²) in [6.07, 6.45) is 1.67. The van der Waals surface area contributed by atoms with Crippen LogP contribution in [0.1, 0.15) is 27.8 Å². The molecule has 2 aromatic heterocycles. The molecule has 0 unspecified atom stereocenters. The molecule has 0 aliphatic carbocycles. The first-order chi connectivity index (χ1) is 12.6. The molecule has 0 radical (unpaired) electrons. The van der Waals surface area contributed by atoms with Crippen LogP contribution >= 0.6 is 11.3 Å². The van der Waals surface area contributed by atoms with E-state index in [0.29, 0.717) is 28.7 Å². The van der Waals surface area contributed by atoms with Crippen LogP contribution in [0.4, 0.5) is 5.13 Å². The number of hydrogen-bond donors (Lipinski definition) is 2. The number of benzene rings is 1. The highest BCUT2D eigenvalue weighted by Crippen LogP contribution is 2.26. The molecule has 2 heterocycles. The van der Waals surface area contributed by atoms with Gasteiger partial charge in [0.15, 0.2) is 5.13 Å². The van der Waals surface area contributed by atoms with E-state index in [0.717, 1.165) is 11.3 Å². The van der Waals surface area contributed by atoms with Crippen molar-refractivity contribution in [2.24, 2.45) is 0 Å². The SMILES string of the molecule is CCOc1ccc(C(=O)Nc2nc(-c3c[nH]c(C(=O)OC)c3)cs2)cc1. The second-order valence-corrected chi connectivity index (χ2v) is 6.10. The lowest BCUT2D eigenvalue weighted by Gasteiger charge is -2.04. The molecule has 0 bridgehead atoms. The zero-order valence-corrected chi connectivity index (χ0v) is 15.1. The Hall–Kier alpha value is -3.13. The third-order valence-electron chi connectivity index (χ3n) is 3.54. The van der Waals surface area contributed by atoms with Gasteiger partial charge in [-0.05, 0) is 37.3 Å². The molecule has 7 nitrogen and oxygen atoms in total. The summed E-state index contributed by atoms with van der Waals surface area (Å²) in [5.41, 5.74) is 2.25. The number of aromatic amines is 1. The lowest BCUT2D eigenvalue weighted by molar-refractivity contribution is 0.0594. The number of anilines is 1. The summed E-state index contributed by atoms with van der Waals surface area (Å²) < 4.78 is 10.0. The second-order valence-electron chi connectivity index (χ2n) is 5.24. The minimum atomic E-state index is -0.449. The summed E-state index contributed by atoms with van der Waals surface area (Å²) in [5.74, 6) is 0.0169. The number of nitrogens with one attached hydrogen (secondary N) is 2. The summed E-state index contributed by atoms with van der Waals surface area (Å²) in [6.45, 7) is 2.48. The number of carbonyl (C=O) groups is 2. The monoisotopic (exact) mass is 371 g/mol. The van der Waals surface area contributed by atoms with Gasteiger partial charge in [-0.3, -0.25) is 10.1 Å². The Balaban J connectivity index is 1.68. The number of methoxy groups -OCH3 is 1. The maximum absolute atomic E-state index is 12.3. The highest BCUT2D eigenvalue weighted by atomic mass is 32.1. The second kappa shape index (κ2) is 7.83. The zero-order chi connectivity index (χ0) is 18.5. The van der Waals surface area contributed by atoms with Gasteiger partial charge < -0.3 is 14.5 Å². The first-order valence-corrected chi connectivity index (χ1v) is 8.75. The summed E-state index contributed by atoms with van der Waals surface area (Å²) in [5, 5.41) is 5.04. The van der Waals surface area contributed by atoms with Crippen LogP contribution < -0.4 is 10.1 Å². The number of ether oxygens (including phenoxy) is 2. The van der Waals surface area contributed by atoms with Crippen LogP contribution in [-0.4, -0.2) is 35.6 Å². The van der Waals surface area contributed by atoms with Crippen LogP contribution in [0.15, 0.2) is 41.9 Å². The first kappa shape index (κ1) is 17.7. The third-order valence-corrected chi connectivity index (χ3v) is 4.29. The van der Waals surface area contributed by atoms with Gasteiger partial charge in [0.2, 0.25) is 0 Å². The van der Waals surface area contributed by atoms with E-state index >= 15 is 0 Å². The fraction of sp³-hybridized carbons (Fsp3) is 0.167. The molecule has 1 amide bonds. The van der Waals surface area contributed by atoms with E-state index in [9.17, 15) is 9.59 Å². The Morgan fingerprint density at radius 3 is 2.73 bits per heavy atom. The molecule has 0 saturated carbocycles. The average Bonchev–Trinajstić information content (AvgIpc) is 3.31. The van der Waals surface area contributed by atoms with E-state index < -0.39 is 5.97 Å². The van der Waals surface area contributed by atoms with Gasteiger partial charge in [-0.1, -0.05) is 0 Å². The topological polar surface area (TPSA) is 93.3 Å². The molecule has 0 spiro atoms. The van der Waals surface area contributed by atoms with E-state index in [1.54, 1.807) is 41.9 Å². The van der Waals surface area contributed by atoms with Gasteiger partial charge in [-0.15, -0.1) is 11.3 Å². The fourth-order valence-electron chi connectivity index (χ4n) is 2.27. The van der Waals surface area contributed by atoms with E-state index in [4.69, 9.17) is 4.74 Å². The molecule has 3 rings (SSSR count). The number of rotatable bonds is 6. The predicted octanol–water partition coefficient (Wildman–Crippen LogP) is 3.58. The van der Waals surface area contributed by atoms with Crippen molar-refractivity contribution >= 4 is 28.3 Å². The number of hydrogen-bond acceptors (Lipinski definition) is 6. The molecule has 26 heavy (non-hydrogen) atoms. The van der Waals surface area contributed by atoms with Crippen molar-refractivity contribution in [1.82, 2.24) is 9.97 Å². The molecule has 134 valence electrons. The van der Waals surface area contributed by atoms with Gasteiger partial charge in [0.05, 0.1) is 19.4 Å². The van der Waals surface area contributed by atoms with Crippen molar-refractivity contribution in [3.63, 3.8) is 0 Å². The van der Waals surface area contributed by atoms with Gasteiger partial charge in [0, 0.05) is 22.7 Å². The third kappa shape index (κ3) is 3.92. The van der Waals surface area contributed by atoms with Crippen molar-refractivity contribution in [2.75, 3.05) is 19.0 Å². The van der Waals surface area contributed by atoms with E-state index in [1.165, 1.54) is 18.4 Å². The maximum atomic E-state index is 12.3. The molecular formula is C18H17N3O4S. The quantitative estimate of drug-likeness (QED) is 0.646. The van der Waals surface area contributed by atoms with Gasteiger partial charge in [-0.25, -0.2) is 9.78 Å². The Kier molecular flexibility index (Phi) is 5.33. The molecule has 0 aliphatic rings. The Morgan fingerprint density at radius 2 is 2.04 bits per heavy atom. The van der Waals surface area contributed by atoms with Crippen LogP contribution in [0.5, 0.6) is 5.75 Å². The van der Waals surface area contributed by atoms with Crippen LogP contribution in [0.3, 0.4) is 0 Å². The number of nitrogens with zero attached hydrogens (tertiary/aromatic N) is 1. The Bertz CT molecular complexity index is 915. The molecule has 0 aliphatic heterocycles. The van der Waals surface area contributed by atoms with Gasteiger partial charge >= 0.3 is 5.97 Å². The molecule has 0 atom stereocenters. The minimum Gasteiger partial charge on any atom is -0.494 e. The molecular weight excluding hydrogens is 354 g/mol. The standard InChI is InChI=1S/C18H17N3O4S/c1-3-25-13-6-4-11(5-7-13)16(22)21-18-20-15(10-26-18)12-8-14(19-9-12)17(23)24-2/h4-10,19H,3H2,1-2H3,(H,20,21,22). The lowest BCUT2D eigenvalue weighted by Crippen LogP contribution is -2.11. The number of esters is 1. The van der Waals surface area contributed by atoms with Gasteiger partial charge in [0.25, 0.3) is 5.91 Å². The molecule has 0 saturated heterocycles. The summed E-state index contributed by atoms with van der Waals surface area (Å²) in [7, 11) is 1.32. The number of aromatic nitrogens is 2. The maximum Gasteiger partial charge on any atom is 0.354 e. The van der Waals surface area contributed by atoms with Crippen LogP contribution in [-0.2, 0) is 4.74 Å². The number of H-pyrrole nitrogens is 1. The highest BCUT2D eigenvalue weighted by Gasteiger charge is 2.13. The molecule has 3 aromatic rings. The first-order valence-electron chi connectivity index (χ1n) is 7.87. The molecule has 0 fully saturated rings. The number of thiazole rings is 1. The van der Waals surface area contributed by atoms with E-state index in [-0.39, 0.29) is 5.91 Å². The van der Waals surface area contributed by atoms with Crippen molar-refractivity contribution < 1.29 is 19.1 Å².